The molecule has 0 bridgehead atoms. The van der Waals surface area contributed by atoms with Crippen molar-refractivity contribution in [3.05, 3.63) is 81.7 Å². The first-order valence-corrected chi connectivity index (χ1v) is 9.11. The molecule has 0 aliphatic carbocycles. The first-order chi connectivity index (χ1) is 12.1. The van der Waals surface area contributed by atoms with Crippen LogP contribution < -0.4 is 5.63 Å². The Morgan fingerprint density at radius 3 is 2.72 bits per heavy atom. The third-order valence-electron chi connectivity index (χ3n) is 4.26. The Balaban J connectivity index is 1.70. The van der Waals surface area contributed by atoms with Gasteiger partial charge < -0.3 is 4.42 Å². The molecule has 0 spiro atoms. The molecular formula is C21H17NO2S. The van der Waals surface area contributed by atoms with Crippen molar-refractivity contribution >= 4 is 33.6 Å². The van der Waals surface area contributed by atoms with Crippen molar-refractivity contribution in [3.8, 4) is 0 Å². The SMILES string of the molecule is Cc1ccc2c(CSc3cc(C)c4ccccc4n3)cc(=O)oc2c1. The lowest BCUT2D eigenvalue weighted by atomic mass is 10.1. The zero-order chi connectivity index (χ0) is 17.4. The number of benzene rings is 2. The number of pyridine rings is 1. The number of nitrogens with zero attached hydrogens (tertiary/aromatic N) is 1. The number of hydrogen-bond donors (Lipinski definition) is 0. The van der Waals surface area contributed by atoms with Gasteiger partial charge in [-0.05, 0) is 48.7 Å². The van der Waals surface area contributed by atoms with Crippen LogP contribution in [0.5, 0.6) is 0 Å². The van der Waals surface area contributed by atoms with Crippen LogP contribution in [0.4, 0.5) is 0 Å². The summed E-state index contributed by atoms with van der Waals surface area (Å²) in [6.07, 6.45) is 0. The minimum Gasteiger partial charge on any atom is -0.423 e. The van der Waals surface area contributed by atoms with Crippen LogP contribution in [0.1, 0.15) is 16.7 Å². The summed E-state index contributed by atoms with van der Waals surface area (Å²) >= 11 is 1.64. The number of rotatable bonds is 3. The van der Waals surface area contributed by atoms with E-state index >= 15 is 0 Å². The number of aryl methyl sites for hydroxylation is 2. The molecule has 0 fully saturated rings. The molecule has 0 amide bonds. The Morgan fingerprint density at radius 1 is 1.00 bits per heavy atom. The molecule has 4 aromatic rings. The van der Waals surface area contributed by atoms with Crippen LogP contribution in [0.25, 0.3) is 21.9 Å². The quantitative estimate of drug-likeness (QED) is 0.375. The van der Waals surface area contributed by atoms with Crippen molar-refractivity contribution in [2.24, 2.45) is 0 Å². The summed E-state index contributed by atoms with van der Waals surface area (Å²) in [6.45, 7) is 4.09. The first-order valence-electron chi connectivity index (χ1n) is 8.13. The van der Waals surface area contributed by atoms with E-state index in [4.69, 9.17) is 9.40 Å². The van der Waals surface area contributed by atoms with E-state index in [1.165, 1.54) is 10.9 Å². The fourth-order valence-electron chi connectivity index (χ4n) is 3.00. The van der Waals surface area contributed by atoms with E-state index in [9.17, 15) is 4.79 Å². The van der Waals surface area contributed by atoms with Gasteiger partial charge in [-0.3, -0.25) is 0 Å². The molecule has 25 heavy (non-hydrogen) atoms. The summed E-state index contributed by atoms with van der Waals surface area (Å²) in [6, 6.07) is 17.8. The Hall–Kier alpha value is -2.59. The molecule has 0 aliphatic heterocycles. The molecule has 2 aromatic heterocycles. The molecule has 124 valence electrons. The van der Waals surface area contributed by atoms with Crippen molar-refractivity contribution in [2.75, 3.05) is 0 Å². The number of para-hydroxylation sites is 1. The molecule has 3 nitrogen and oxygen atoms in total. The van der Waals surface area contributed by atoms with Crippen LogP contribution in [-0.4, -0.2) is 4.98 Å². The maximum absolute atomic E-state index is 11.9. The molecule has 4 heteroatoms. The summed E-state index contributed by atoms with van der Waals surface area (Å²) in [7, 11) is 0. The summed E-state index contributed by atoms with van der Waals surface area (Å²) in [4.78, 5) is 16.6. The highest BCUT2D eigenvalue weighted by molar-refractivity contribution is 7.98. The van der Waals surface area contributed by atoms with E-state index in [1.54, 1.807) is 17.8 Å². The Bertz CT molecular complexity index is 1150. The average molecular weight is 347 g/mol. The van der Waals surface area contributed by atoms with Crippen molar-refractivity contribution < 1.29 is 4.42 Å². The van der Waals surface area contributed by atoms with Gasteiger partial charge in [-0.2, -0.15) is 0 Å². The predicted molar refractivity (Wildman–Crippen MR) is 103 cm³/mol. The van der Waals surface area contributed by atoms with E-state index in [1.807, 2.05) is 43.3 Å². The molecule has 0 saturated heterocycles. The van der Waals surface area contributed by atoms with E-state index in [2.05, 4.69) is 19.1 Å². The van der Waals surface area contributed by atoms with Crippen molar-refractivity contribution in [2.45, 2.75) is 24.6 Å². The van der Waals surface area contributed by atoms with Gasteiger partial charge in [0.05, 0.1) is 10.5 Å². The van der Waals surface area contributed by atoms with Crippen LogP contribution in [0.3, 0.4) is 0 Å². The molecule has 0 aliphatic rings. The Morgan fingerprint density at radius 2 is 1.84 bits per heavy atom. The molecule has 2 heterocycles. The molecule has 0 N–H and O–H groups in total. The van der Waals surface area contributed by atoms with Crippen LogP contribution in [0.15, 0.2) is 68.8 Å². The lowest BCUT2D eigenvalue weighted by molar-refractivity contribution is 0.559. The summed E-state index contributed by atoms with van der Waals surface area (Å²) in [5, 5.41) is 3.12. The summed E-state index contributed by atoms with van der Waals surface area (Å²) in [5.41, 5.74) is 4.59. The highest BCUT2D eigenvalue weighted by atomic mass is 32.2. The summed E-state index contributed by atoms with van der Waals surface area (Å²) in [5.74, 6) is 0.677. The largest absolute Gasteiger partial charge is 0.423 e. The van der Waals surface area contributed by atoms with Gasteiger partial charge in [0.2, 0.25) is 0 Å². The number of hydrogen-bond acceptors (Lipinski definition) is 4. The molecule has 0 unspecified atom stereocenters. The van der Waals surface area contributed by atoms with E-state index in [0.29, 0.717) is 11.3 Å². The fourth-order valence-corrected chi connectivity index (χ4v) is 3.97. The molecule has 4 rings (SSSR count). The lowest BCUT2D eigenvalue weighted by Crippen LogP contribution is -2.00. The molecular weight excluding hydrogens is 330 g/mol. The lowest BCUT2D eigenvalue weighted by Gasteiger charge is -2.08. The van der Waals surface area contributed by atoms with Gasteiger partial charge >= 0.3 is 5.63 Å². The van der Waals surface area contributed by atoms with Gasteiger partial charge in [0, 0.05) is 22.6 Å². The average Bonchev–Trinajstić information content (AvgIpc) is 2.59. The van der Waals surface area contributed by atoms with Crippen LogP contribution in [0, 0.1) is 13.8 Å². The number of fused-ring (bicyclic) bond motifs is 2. The zero-order valence-corrected chi connectivity index (χ0v) is 14.9. The molecule has 0 radical (unpaired) electrons. The van der Waals surface area contributed by atoms with Crippen LogP contribution >= 0.6 is 11.8 Å². The first kappa shape index (κ1) is 15.9. The Kier molecular flexibility index (Phi) is 4.06. The number of thioether (sulfide) groups is 1. The normalized spacial score (nSPS) is 11.3. The third kappa shape index (κ3) is 3.17. The predicted octanol–water partition coefficient (Wildman–Crippen LogP) is 5.25. The smallest absolute Gasteiger partial charge is 0.336 e. The van der Waals surface area contributed by atoms with Gasteiger partial charge in [-0.25, -0.2) is 9.78 Å². The maximum atomic E-state index is 11.9. The van der Waals surface area contributed by atoms with Crippen LogP contribution in [0.2, 0.25) is 0 Å². The van der Waals surface area contributed by atoms with Crippen molar-refractivity contribution in [3.63, 3.8) is 0 Å². The standard InChI is InChI=1S/C21H17NO2S/c1-13-7-8-17-15(11-21(23)24-19(17)9-13)12-25-20-10-14(2)16-5-3-4-6-18(16)22-20/h3-11H,12H2,1-2H3. The minimum absolute atomic E-state index is 0.309. The second-order valence-corrected chi connectivity index (χ2v) is 7.17. The third-order valence-corrected chi connectivity index (χ3v) is 5.22. The highest BCUT2D eigenvalue weighted by Gasteiger charge is 2.08. The number of aromatic nitrogens is 1. The van der Waals surface area contributed by atoms with E-state index in [-0.39, 0.29) is 5.63 Å². The van der Waals surface area contributed by atoms with Gasteiger partial charge in [0.1, 0.15) is 5.58 Å². The molecule has 0 atom stereocenters. The monoisotopic (exact) mass is 347 g/mol. The molecule has 2 aromatic carbocycles. The second-order valence-electron chi connectivity index (χ2n) is 6.17. The maximum Gasteiger partial charge on any atom is 0.336 e. The van der Waals surface area contributed by atoms with Gasteiger partial charge in [0.25, 0.3) is 0 Å². The van der Waals surface area contributed by atoms with Crippen LogP contribution in [-0.2, 0) is 5.75 Å². The highest BCUT2D eigenvalue weighted by Crippen LogP contribution is 2.28. The van der Waals surface area contributed by atoms with Crippen molar-refractivity contribution in [1.29, 1.82) is 0 Å². The molecule has 0 saturated carbocycles. The van der Waals surface area contributed by atoms with E-state index < -0.39 is 0 Å². The van der Waals surface area contributed by atoms with Gasteiger partial charge in [0.15, 0.2) is 0 Å². The second kappa shape index (κ2) is 6.37. The van der Waals surface area contributed by atoms with E-state index in [0.717, 1.165) is 27.1 Å². The Labute approximate surface area is 149 Å². The fraction of sp³-hybridized carbons (Fsp3) is 0.143. The van der Waals surface area contributed by atoms with Gasteiger partial charge in [-0.1, -0.05) is 30.3 Å². The zero-order valence-electron chi connectivity index (χ0n) is 14.1. The minimum atomic E-state index is -0.309. The van der Waals surface area contributed by atoms with Crippen molar-refractivity contribution in [1.82, 2.24) is 4.98 Å². The topological polar surface area (TPSA) is 43.1 Å². The summed E-state index contributed by atoms with van der Waals surface area (Å²) < 4.78 is 5.33. The van der Waals surface area contributed by atoms with Gasteiger partial charge in [-0.15, -0.1) is 11.8 Å².